The number of carbonyl (C=O) groups excluding carboxylic acids is 2. The number of rotatable bonds is 5. The Balaban J connectivity index is 1.99. The molecule has 0 spiro atoms. The quantitative estimate of drug-likeness (QED) is 0.719. The summed E-state index contributed by atoms with van der Waals surface area (Å²) in [5.41, 5.74) is 14.0. The Hall–Kier alpha value is -1.88. The zero-order chi connectivity index (χ0) is 13.1. The number of benzene rings is 1. The van der Waals surface area contributed by atoms with E-state index < -0.39 is 0 Å². The van der Waals surface area contributed by atoms with Crippen LogP contribution in [0.2, 0.25) is 0 Å². The van der Waals surface area contributed by atoms with E-state index in [1.807, 2.05) is 18.2 Å². The van der Waals surface area contributed by atoms with Gasteiger partial charge in [0.15, 0.2) is 0 Å². The van der Waals surface area contributed by atoms with E-state index in [-0.39, 0.29) is 17.9 Å². The van der Waals surface area contributed by atoms with Gasteiger partial charge in [-0.3, -0.25) is 9.59 Å². The first-order chi connectivity index (χ1) is 8.56. The molecular weight excluding hydrogens is 230 g/mol. The second-order valence-corrected chi connectivity index (χ2v) is 4.61. The second kappa shape index (κ2) is 5.18. The van der Waals surface area contributed by atoms with Crippen molar-refractivity contribution in [3.05, 3.63) is 29.3 Å². The van der Waals surface area contributed by atoms with Gasteiger partial charge in [0, 0.05) is 18.2 Å². The molecule has 2 rings (SSSR count). The van der Waals surface area contributed by atoms with Gasteiger partial charge in [0.05, 0.1) is 6.42 Å². The van der Waals surface area contributed by atoms with Crippen LogP contribution in [0.3, 0.4) is 0 Å². The minimum atomic E-state index is -0.300. The van der Waals surface area contributed by atoms with Crippen molar-refractivity contribution in [3.63, 3.8) is 0 Å². The predicted molar refractivity (Wildman–Crippen MR) is 68.7 cm³/mol. The third kappa shape index (κ3) is 2.87. The molecule has 0 radical (unpaired) electrons. The molecule has 1 aromatic rings. The third-order valence-electron chi connectivity index (χ3n) is 3.12. The molecule has 0 fully saturated rings. The Morgan fingerprint density at radius 3 is 2.94 bits per heavy atom. The summed E-state index contributed by atoms with van der Waals surface area (Å²) in [7, 11) is 0. The summed E-state index contributed by atoms with van der Waals surface area (Å²) >= 11 is 0. The molecule has 1 aliphatic heterocycles. The second-order valence-electron chi connectivity index (χ2n) is 4.61. The fourth-order valence-corrected chi connectivity index (χ4v) is 2.14. The number of anilines is 1. The molecule has 0 aromatic heterocycles. The van der Waals surface area contributed by atoms with Crippen molar-refractivity contribution in [2.75, 3.05) is 5.32 Å². The van der Waals surface area contributed by atoms with E-state index in [0.717, 1.165) is 16.8 Å². The van der Waals surface area contributed by atoms with Crippen LogP contribution >= 0.6 is 0 Å². The number of fused-ring (bicyclic) bond motifs is 1. The van der Waals surface area contributed by atoms with Crippen LogP contribution in [0.25, 0.3) is 0 Å². The molecule has 0 aliphatic carbocycles. The topological polar surface area (TPSA) is 98.2 Å². The van der Waals surface area contributed by atoms with Gasteiger partial charge in [-0.15, -0.1) is 0 Å². The molecule has 2 amide bonds. The van der Waals surface area contributed by atoms with E-state index in [2.05, 4.69) is 5.32 Å². The molecule has 5 heteroatoms. The van der Waals surface area contributed by atoms with E-state index in [1.54, 1.807) is 0 Å². The van der Waals surface area contributed by atoms with Gasteiger partial charge in [-0.1, -0.05) is 12.1 Å². The number of hydrogen-bond donors (Lipinski definition) is 3. The van der Waals surface area contributed by atoms with Crippen molar-refractivity contribution in [1.82, 2.24) is 0 Å². The zero-order valence-electron chi connectivity index (χ0n) is 10.1. The first kappa shape index (κ1) is 12.6. The van der Waals surface area contributed by atoms with Crippen molar-refractivity contribution in [1.29, 1.82) is 0 Å². The van der Waals surface area contributed by atoms with Crippen LogP contribution in [0.15, 0.2) is 18.2 Å². The number of nitrogens with two attached hydrogens (primary N) is 2. The molecule has 1 heterocycles. The van der Waals surface area contributed by atoms with Gasteiger partial charge < -0.3 is 16.8 Å². The highest BCUT2D eigenvalue weighted by atomic mass is 16.2. The number of primary amides is 1. The summed E-state index contributed by atoms with van der Waals surface area (Å²) < 4.78 is 0. The van der Waals surface area contributed by atoms with Crippen LogP contribution in [-0.2, 0) is 16.0 Å². The maximum absolute atomic E-state index is 11.2. The van der Waals surface area contributed by atoms with Crippen LogP contribution in [0.4, 0.5) is 5.69 Å². The van der Waals surface area contributed by atoms with Crippen LogP contribution < -0.4 is 16.8 Å². The first-order valence-electron chi connectivity index (χ1n) is 6.03. The molecule has 1 unspecified atom stereocenters. The maximum Gasteiger partial charge on any atom is 0.228 e. The van der Waals surface area contributed by atoms with Gasteiger partial charge in [-0.05, 0) is 30.0 Å². The zero-order valence-corrected chi connectivity index (χ0v) is 10.1. The highest BCUT2D eigenvalue weighted by Crippen LogP contribution is 2.27. The number of nitrogens with one attached hydrogen (secondary N) is 1. The molecule has 0 saturated carbocycles. The summed E-state index contributed by atoms with van der Waals surface area (Å²) in [6, 6.07) is 5.63. The van der Waals surface area contributed by atoms with Gasteiger partial charge in [0.25, 0.3) is 0 Å². The standard InChI is InChI=1S/C13H17N3O2/c14-10(2-1-3-12(15)17)8-4-5-11-9(6-8)7-13(18)16-11/h4-6,10H,1-3,7,14H2,(H2,15,17)(H,16,18). The molecule has 0 saturated heterocycles. The van der Waals surface area contributed by atoms with Crippen molar-refractivity contribution in [2.24, 2.45) is 11.5 Å². The Morgan fingerprint density at radius 1 is 1.44 bits per heavy atom. The number of amides is 2. The average molecular weight is 247 g/mol. The largest absolute Gasteiger partial charge is 0.370 e. The molecule has 5 nitrogen and oxygen atoms in total. The minimum absolute atomic E-state index is 0.0180. The molecule has 1 aliphatic rings. The van der Waals surface area contributed by atoms with Gasteiger partial charge in [-0.25, -0.2) is 0 Å². The summed E-state index contributed by atoms with van der Waals surface area (Å²) in [4.78, 5) is 21.9. The van der Waals surface area contributed by atoms with Gasteiger partial charge in [0.1, 0.15) is 0 Å². The Kier molecular flexibility index (Phi) is 3.62. The number of carbonyl (C=O) groups is 2. The molecule has 5 N–H and O–H groups in total. The fraction of sp³-hybridized carbons (Fsp3) is 0.385. The summed E-state index contributed by atoms with van der Waals surface area (Å²) in [6.07, 6.45) is 2.17. The van der Waals surface area contributed by atoms with E-state index in [1.165, 1.54) is 0 Å². The van der Waals surface area contributed by atoms with Crippen LogP contribution in [0, 0.1) is 0 Å². The van der Waals surface area contributed by atoms with Gasteiger partial charge in [0.2, 0.25) is 11.8 Å². The van der Waals surface area contributed by atoms with Gasteiger partial charge >= 0.3 is 0 Å². The Morgan fingerprint density at radius 2 is 2.22 bits per heavy atom. The molecule has 18 heavy (non-hydrogen) atoms. The highest BCUT2D eigenvalue weighted by Gasteiger charge is 2.18. The van der Waals surface area contributed by atoms with Crippen molar-refractivity contribution >= 4 is 17.5 Å². The SMILES string of the molecule is NC(=O)CCCC(N)c1ccc2c(c1)CC(=O)N2. The average Bonchev–Trinajstić information content (AvgIpc) is 2.67. The smallest absolute Gasteiger partial charge is 0.228 e. The van der Waals surface area contributed by atoms with E-state index in [0.29, 0.717) is 25.7 Å². The lowest BCUT2D eigenvalue weighted by Crippen LogP contribution is -2.14. The molecule has 96 valence electrons. The van der Waals surface area contributed by atoms with Crippen LogP contribution in [0.5, 0.6) is 0 Å². The van der Waals surface area contributed by atoms with Crippen molar-refractivity contribution in [3.8, 4) is 0 Å². The summed E-state index contributed by atoms with van der Waals surface area (Å²) in [6.45, 7) is 0. The fourth-order valence-electron chi connectivity index (χ4n) is 2.14. The third-order valence-corrected chi connectivity index (χ3v) is 3.12. The van der Waals surface area contributed by atoms with E-state index >= 15 is 0 Å². The molecule has 0 bridgehead atoms. The number of hydrogen-bond acceptors (Lipinski definition) is 3. The van der Waals surface area contributed by atoms with Gasteiger partial charge in [-0.2, -0.15) is 0 Å². The first-order valence-corrected chi connectivity index (χ1v) is 6.03. The van der Waals surface area contributed by atoms with Crippen molar-refractivity contribution in [2.45, 2.75) is 31.7 Å². The van der Waals surface area contributed by atoms with Crippen molar-refractivity contribution < 1.29 is 9.59 Å². The summed E-state index contributed by atoms with van der Waals surface area (Å²) in [5.74, 6) is -0.282. The summed E-state index contributed by atoms with van der Waals surface area (Å²) in [5, 5.41) is 2.78. The van der Waals surface area contributed by atoms with E-state index in [9.17, 15) is 9.59 Å². The van der Waals surface area contributed by atoms with E-state index in [4.69, 9.17) is 11.5 Å². The lowest BCUT2D eigenvalue weighted by molar-refractivity contribution is -0.118. The lowest BCUT2D eigenvalue weighted by atomic mass is 9.99. The molecule has 1 aromatic carbocycles. The Bertz CT molecular complexity index is 485. The highest BCUT2D eigenvalue weighted by molar-refractivity contribution is 5.99. The maximum atomic E-state index is 11.2. The minimum Gasteiger partial charge on any atom is -0.370 e. The predicted octanol–water partition coefficient (Wildman–Crippen LogP) is 0.837. The van der Waals surface area contributed by atoms with Crippen LogP contribution in [0.1, 0.15) is 36.4 Å². The molecular formula is C13H17N3O2. The lowest BCUT2D eigenvalue weighted by Gasteiger charge is -2.12. The normalized spacial score (nSPS) is 15.1. The Labute approximate surface area is 106 Å². The van der Waals surface area contributed by atoms with Crippen LogP contribution in [-0.4, -0.2) is 11.8 Å². The molecule has 1 atom stereocenters. The monoisotopic (exact) mass is 247 g/mol.